The van der Waals surface area contributed by atoms with Crippen molar-refractivity contribution in [1.82, 2.24) is 61.1 Å². The zero-order valence-electron chi connectivity index (χ0n) is 64.3. The first-order valence-electron chi connectivity index (χ1n) is 40.1. The van der Waals surface area contributed by atoms with Gasteiger partial charge in [-0.1, -0.05) is 116 Å². The molecule has 0 saturated carbocycles. The lowest BCUT2D eigenvalue weighted by atomic mass is 9.86. The molecule has 0 radical (unpaired) electrons. The van der Waals surface area contributed by atoms with Gasteiger partial charge in [0, 0.05) is 128 Å². The number of aromatic amines is 7. The van der Waals surface area contributed by atoms with Crippen LogP contribution < -0.4 is 26.0 Å². The molecule has 0 saturated heterocycles. The smallest absolute Gasteiger partial charge is 0.268 e. The summed E-state index contributed by atoms with van der Waals surface area (Å²) in [6.07, 6.45) is 17.5. The second-order valence-corrected chi connectivity index (χ2v) is 36.3. The van der Waals surface area contributed by atoms with Crippen molar-refractivity contribution in [1.29, 1.82) is 0 Å². The Morgan fingerprint density at radius 3 is 1.27 bits per heavy atom. The fourth-order valence-corrected chi connectivity index (χ4v) is 20.2. The number of rotatable bonds is 10. The summed E-state index contributed by atoms with van der Waals surface area (Å²) < 4.78 is 16.6. The molecule has 8 aromatic carbocycles. The highest BCUT2D eigenvalue weighted by Crippen LogP contribution is 2.44. The van der Waals surface area contributed by atoms with Crippen LogP contribution in [-0.2, 0) is 32.1 Å². The molecular weight excluding hydrogens is 1820 g/mol. The van der Waals surface area contributed by atoms with E-state index in [1.165, 1.54) is 83.0 Å². The average Bonchev–Trinajstić information content (AvgIpc) is 1.68. The summed E-state index contributed by atoms with van der Waals surface area (Å²) in [5.74, 6) is 1.65. The highest BCUT2D eigenvalue weighted by Gasteiger charge is 2.33. The van der Waals surface area contributed by atoms with Gasteiger partial charge in [-0.25, -0.2) is 4.98 Å². The van der Waals surface area contributed by atoms with Crippen molar-refractivity contribution in [2.75, 3.05) is 7.11 Å². The maximum atomic E-state index is 12.8. The van der Waals surface area contributed by atoms with Gasteiger partial charge in [0.05, 0.1) is 42.1 Å². The number of hydrogen-bond acceptors (Lipinski definition) is 8. The lowest BCUT2D eigenvalue weighted by Gasteiger charge is -2.24. The van der Waals surface area contributed by atoms with Gasteiger partial charge in [0.2, 0.25) is 5.89 Å². The number of benzene rings is 8. The Kier molecular flexibility index (Phi) is 23.0. The van der Waals surface area contributed by atoms with Gasteiger partial charge in [0.25, 0.3) is 23.6 Å². The van der Waals surface area contributed by atoms with Crippen molar-refractivity contribution in [3.05, 3.63) is 312 Å². The molecule has 5 unspecified atom stereocenters. The number of nitrogens with zero attached hydrogens (tertiary/aromatic N) is 1. The number of aryl methyl sites for hydroxylation is 5. The number of hydrogen-bond donors (Lipinski definition) is 11. The number of H-pyrrole nitrogens is 7. The maximum Gasteiger partial charge on any atom is 0.268 e. The van der Waals surface area contributed by atoms with Gasteiger partial charge >= 0.3 is 0 Å². The fourth-order valence-electron chi connectivity index (χ4n) is 17.8. The molecule has 5 aliphatic carbocycles. The van der Waals surface area contributed by atoms with Crippen LogP contribution in [0.5, 0.6) is 5.75 Å². The first kappa shape index (κ1) is 78.7. The third kappa shape index (κ3) is 16.5. The number of nitrogens with one attached hydrogen (secondary N) is 11. The third-order valence-electron chi connectivity index (χ3n) is 23.4. The fraction of sp³-hybridized carbons (Fsp3) is 0.223. The number of oxazole rings is 1. The lowest BCUT2D eigenvalue weighted by Crippen LogP contribution is -2.31. The molecule has 22 rings (SSSR count). The SMILES string of the molecule is Brc1ccc2[nH]c3c(c2c1)CCCC3c1nc2ccccc2o1.COc1ccc(C(=O)NC2CCCc3c2[nH]c2ccc(Br)cc32)cc1.O=C(NC1CCCc2c1[nH]c1ccc(Br)cc21)c1cc2ccccc2[nH]1.O=C(NC1CCCc2c1[nH]c1ccc(Br)cc21)c1ccc[nH]1.O=C(NC1CCCc2c1[nH]c1ccc(Br)cc21)c1cccs1. The van der Waals surface area contributed by atoms with Crippen LogP contribution in [0.4, 0.5) is 0 Å². The van der Waals surface area contributed by atoms with Crippen LogP contribution in [0.1, 0.15) is 197 Å². The van der Waals surface area contributed by atoms with E-state index in [-0.39, 0.29) is 53.7 Å². The summed E-state index contributed by atoms with van der Waals surface area (Å²) in [6, 6.07) is 64.2. The summed E-state index contributed by atoms with van der Waals surface area (Å²) in [5, 5.41) is 22.0. The molecule has 0 aliphatic heterocycles. The molecule has 9 heterocycles. The highest BCUT2D eigenvalue weighted by molar-refractivity contribution is 9.11. The predicted molar refractivity (Wildman–Crippen MR) is 488 cm³/mol. The minimum absolute atomic E-state index is 0.0174. The summed E-state index contributed by atoms with van der Waals surface area (Å²) in [6.45, 7) is 0. The number of fused-ring (bicyclic) bond motifs is 17. The number of halogens is 5. The third-order valence-corrected chi connectivity index (χ3v) is 26.7. The van der Waals surface area contributed by atoms with Gasteiger partial charge < -0.3 is 65.3 Å². The van der Waals surface area contributed by atoms with Crippen LogP contribution in [0.2, 0.25) is 0 Å². The van der Waals surface area contributed by atoms with Crippen LogP contribution >= 0.6 is 91.0 Å². The summed E-state index contributed by atoms with van der Waals surface area (Å²) in [7, 11) is 1.62. The number of amides is 4. The molecule has 0 bridgehead atoms. The Bertz CT molecular complexity index is 6400. The monoisotopic (exact) mass is 1900 g/mol. The van der Waals surface area contributed by atoms with Crippen LogP contribution in [-0.4, -0.2) is 70.6 Å². The highest BCUT2D eigenvalue weighted by atomic mass is 79.9. The van der Waals surface area contributed by atoms with Gasteiger partial charge in [-0.05, 0) is 287 Å². The van der Waals surface area contributed by atoms with Gasteiger partial charge in [0.1, 0.15) is 22.7 Å². The van der Waals surface area contributed by atoms with Gasteiger partial charge in [0.15, 0.2) is 5.58 Å². The lowest BCUT2D eigenvalue weighted by molar-refractivity contribution is 0.0919. The Balaban J connectivity index is 0.000000102. The molecule has 5 atom stereocenters. The summed E-state index contributed by atoms with van der Waals surface area (Å²) >= 11 is 19.3. The molecule has 18 nitrogen and oxygen atoms in total. The van der Waals surface area contributed by atoms with Crippen LogP contribution in [0.25, 0.3) is 76.5 Å². The molecule has 11 N–H and O–H groups in total. The van der Waals surface area contributed by atoms with Crippen molar-refractivity contribution >= 4 is 191 Å². The van der Waals surface area contributed by atoms with E-state index in [0.29, 0.717) is 17.0 Å². The molecule has 118 heavy (non-hydrogen) atoms. The molecule has 596 valence electrons. The second-order valence-electron chi connectivity index (χ2n) is 30.7. The Morgan fingerprint density at radius 2 is 0.831 bits per heavy atom. The van der Waals surface area contributed by atoms with E-state index in [9.17, 15) is 19.2 Å². The van der Waals surface area contributed by atoms with E-state index in [1.807, 2.05) is 115 Å². The first-order valence-corrected chi connectivity index (χ1v) is 44.9. The molecule has 0 fully saturated rings. The van der Waals surface area contributed by atoms with Crippen molar-refractivity contribution in [2.45, 2.75) is 126 Å². The number of methoxy groups -OCH3 is 1. The van der Waals surface area contributed by atoms with E-state index in [4.69, 9.17) is 14.1 Å². The van der Waals surface area contributed by atoms with Crippen LogP contribution in [0.15, 0.2) is 232 Å². The zero-order valence-corrected chi connectivity index (χ0v) is 73.1. The van der Waals surface area contributed by atoms with E-state index < -0.39 is 0 Å². The average molecular weight is 1910 g/mol. The standard InChI is InChI=1S/C21H18BrN3O.C20H19BrN2O2.C19H15BrN2O.C17H16BrN3O.C17H15BrN2OS/c22-13-8-9-17-15(11-13)14-5-3-7-18(20(14)24-17)25-21(26)19-10-12-4-1-2-6-16(12)23-19;1-25-14-8-5-12(6-9-14)20(24)23-18-4-2-3-15-16-11-13(21)7-10-17(16)22-19(15)18;20-11-8-9-15-14(10-11)12-4-3-5-13(18(12)21-15)19-22-16-6-1-2-7-17(16)23-19;18-10-6-7-13-12(9-10)11-3-1-4-14(16(11)20-13)21-17(22)15-5-2-8-19-15;18-10-6-7-13-12(9-10)11-3-1-4-14(16(11)19-13)20-17(21)15-5-2-8-22-15/h1-2,4,6,8-11,18,23-24H,3,5,7H2,(H,25,26);5-11,18,22H,2-4H2,1H3,(H,23,24);1-2,6-10,13,21H,3-5H2;2,5-9,14,19-20H,1,3-4H2,(H,21,22);2,5-9,14,19H,1,3-4H2,(H,20,21). The van der Waals surface area contributed by atoms with E-state index in [0.717, 1.165) is 196 Å². The number of ether oxygens (including phenoxy) is 1. The molecule has 24 heteroatoms. The van der Waals surface area contributed by atoms with Crippen molar-refractivity contribution in [2.24, 2.45) is 0 Å². The van der Waals surface area contributed by atoms with Gasteiger partial charge in [-0.15, -0.1) is 11.3 Å². The van der Waals surface area contributed by atoms with Crippen molar-refractivity contribution in [3.63, 3.8) is 0 Å². The number of carbonyl (C=O) groups excluding carboxylic acids is 4. The Labute approximate surface area is 725 Å². The number of para-hydroxylation sites is 3. The van der Waals surface area contributed by atoms with Crippen molar-refractivity contribution in [3.8, 4) is 5.75 Å². The molecular formula is C94H83Br5N12O6S. The number of aromatic nitrogens is 8. The largest absolute Gasteiger partial charge is 0.497 e. The van der Waals surface area contributed by atoms with Gasteiger partial charge in [-0.2, -0.15) is 0 Å². The molecule has 9 aromatic heterocycles. The van der Waals surface area contributed by atoms with E-state index in [2.05, 4.69) is 203 Å². The summed E-state index contributed by atoms with van der Waals surface area (Å²) in [4.78, 5) is 79.4. The van der Waals surface area contributed by atoms with Crippen LogP contribution in [0.3, 0.4) is 0 Å². The molecule has 4 amide bonds. The number of carbonyl (C=O) groups is 4. The minimum atomic E-state index is -0.0566. The van der Waals surface area contributed by atoms with Crippen molar-refractivity contribution < 1.29 is 28.3 Å². The zero-order chi connectivity index (χ0) is 80.7. The normalized spacial score (nSPS) is 17.1. The minimum Gasteiger partial charge on any atom is -0.497 e. The second kappa shape index (κ2) is 34.5. The Hall–Kier alpha value is -10.5. The maximum absolute atomic E-state index is 12.8. The molecule has 17 aromatic rings. The quantitative estimate of drug-likeness (QED) is 0.0630. The molecule has 0 spiro atoms. The van der Waals surface area contributed by atoms with Crippen LogP contribution in [0, 0.1) is 0 Å². The summed E-state index contributed by atoms with van der Waals surface area (Å²) in [5.41, 5.74) is 23.0. The van der Waals surface area contributed by atoms with E-state index >= 15 is 0 Å². The molecule has 5 aliphatic rings. The first-order chi connectivity index (χ1) is 57.6. The topological polar surface area (TPSA) is 262 Å². The van der Waals surface area contributed by atoms with E-state index in [1.54, 1.807) is 31.5 Å². The number of thiophene rings is 1. The Morgan fingerprint density at radius 1 is 0.407 bits per heavy atom. The predicted octanol–water partition coefficient (Wildman–Crippen LogP) is 24.4. The van der Waals surface area contributed by atoms with Gasteiger partial charge in [-0.3, -0.25) is 19.2 Å².